The predicted molar refractivity (Wildman–Crippen MR) is 75.1 cm³/mol. The zero-order valence-corrected chi connectivity index (χ0v) is 12.5. The second-order valence-corrected chi connectivity index (χ2v) is 6.27. The molecule has 0 fully saturated rings. The number of amides is 1. The zero-order chi connectivity index (χ0) is 16.8. The van der Waals surface area contributed by atoms with Gasteiger partial charge in [0.25, 0.3) is 5.91 Å². The molecule has 1 atom stereocenters. The van der Waals surface area contributed by atoms with Crippen molar-refractivity contribution in [1.29, 1.82) is 0 Å². The largest absolute Gasteiger partial charge is 0.431 e. The first-order valence-corrected chi connectivity index (χ1v) is 6.73. The number of aliphatic hydroxyl groups is 1. The second-order valence-electron chi connectivity index (χ2n) is 6.27. The summed E-state index contributed by atoms with van der Waals surface area (Å²) >= 11 is 0. The lowest BCUT2D eigenvalue weighted by atomic mass is 9.80. The summed E-state index contributed by atoms with van der Waals surface area (Å²) in [7, 11) is 0. The van der Waals surface area contributed by atoms with Gasteiger partial charge in [0, 0.05) is 17.4 Å². The quantitative estimate of drug-likeness (QED) is 0.865. The van der Waals surface area contributed by atoms with Crippen LogP contribution in [-0.4, -0.2) is 33.6 Å². The van der Waals surface area contributed by atoms with Crippen LogP contribution < -0.4 is 0 Å². The summed E-state index contributed by atoms with van der Waals surface area (Å²) in [6, 6.07) is 7.79. The van der Waals surface area contributed by atoms with Crippen molar-refractivity contribution in [3.63, 3.8) is 0 Å². The van der Waals surface area contributed by atoms with Crippen molar-refractivity contribution in [3.05, 3.63) is 35.9 Å². The summed E-state index contributed by atoms with van der Waals surface area (Å²) < 4.78 is 38.9. The Bertz CT molecular complexity index is 605. The summed E-state index contributed by atoms with van der Waals surface area (Å²) in [6.07, 6.45) is -5.44. The summed E-state index contributed by atoms with van der Waals surface area (Å²) in [5.41, 5.74) is -4.04. The lowest BCUT2D eigenvalue weighted by Gasteiger charge is -2.41. The van der Waals surface area contributed by atoms with Gasteiger partial charge in [0.1, 0.15) is 5.71 Å². The number of benzene rings is 1. The smallest absolute Gasteiger partial charge is 0.368 e. The number of hydrazone groups is 1. The average molecular weight is 314 g/mol. The van der Waals surface area contributed by atoms with Gasteiger partial charge in [-0.25, -0.2) is 0 Å². The van der Waals surface area contributed by atoms with Crippen LogP contribution >= 0.6 is 0 Å². The minimum Gasteiger partial charge on any atom is -0.368 e. The van der Waals surface area contributed by atoms with Crippen molar-refractivity contribution in [2.24, 2.45) is 10.5 Å². The zero-order valence-electron chi connectivity index (χ0n) is 12.5. The monoisotopic (exact) mass is 314 g/mol. The van der Waals surface area contributed by atoms with Crippen LogP contribution in [0.15, 0.2) is 35.4 Å². The van der Waals surface area contributed by atoms with Crippen LogP contribution in [0.4, 0.5) is 13.2 Å². The van der Waals surface area contributed by atoms with Crippen LogP contribution in [0.3, 0.4) is 0 Å². The van der Waals surface area contributed by atoms with Gasteiger partial charge in [-0.3, -0.25) is 4.79 Å². The fraction of sp³-hybridized carbons (Fsp3) is 0.467. The molecule has 0 saturated carbocycles. The normalized spacial score (nSPS) is 22.7. The molecule has 0 unspecified atom stereocenters. The summed E-state index contributed by atoms with van der Waals surface area (Å²) in [5.74, 6) is -0.766. The van der Waals surface area contributed by atoms with E-state index in [0.717, 1.165) is 0 Å². The SMILES string of the molecule is CC(C)(C)[C@]1(O)CC(C(F)(F)F)=NN1C(=O)c1ccccc1. The molecule has 22 heavy (non-hydrogen) atoms. The van der Waals surface area contributed by atoms with Crippen molar-refractivity contribution in [2.75, 3.05) is 0 Å². The first-order chi connectivity index (χ1) is 9.97. The van der Waals surface area contributed by atoms with E-state index in [-0.39, 0.29) is 5.56 Å². The van der Waals surface area contributed by atoms with Crippen LogP contribution in [0.2, 0.25) is 0 Å². The van der Waals surface area contributed by atoms with E-state index in [0.29, 0.717) is 5.01 Å². The van der Waals surface area contributed by atoms with Crippen molar-refractivity contribution in [1.82, 2.24) is 5.01 Å². The molecule has 1 aliphatic rings. The maximum atomic E-state index is 13.0. The molecule has 0 aliphatic carbocycles. The summed E-state index contributed by atoms with van der Waals surface area (Å²) in [4.78, 5) is 12.5. The highest BCUT2D eigenvalue weighted by Gasteiger charge is 2.57. The molecule has 2 rings (SSSR count). The first kappa shape index (κ1) is 16.5. The number of halogens is 3. The Hall–Kier alpha value is -1.89. The van der Waals surface area contributed by atoms with E-state index in [9.17, 15) is 23.1 Å². The van der Waals surface area contributed by atoms with E-state index >= 15 is 0 Å². The Morgan fingerprint density at radius 1 is 1.23 bits per heavy atom. The van der Waals surface area contributed by atoms with Gasteiger partial charge >= 0.3 is 6.18 Å². The molecule has 1 aromatic carbocycles. The van der Waals surface area contributed by atoms with Gasteiger partial charge in [-0.05, 0) is 12.1 Å². The van der Waals surface area contributed by atoms with E-state index in [1.54, 1.807) is 39.0 Å². The van der Waals surface area contributed by atoms with Crippen LogP contribution in [0, 0.1) is 5.41 Å². The first-order valence-electron chi connectivity index (χ1n) is 6.73. The number of hydrogen-bond donors (Lipinski definition) is 1. The molecule has 1 aromatic rings. The maximum Gasteiger partial charge on any atom is 0.431 e. The van der Waals surface area contributed by atoms with Crippen LogP contribution in [0.25, 0.3) is 0 Å². The molecule has 0 radical (unpaired) electrons. The van der Waals surface area contributed by atoms with Gasteiger partial charge in [0.15, 0.2) is 5.72 Å². The Balaban J connectivity index is 2.48. The highest BCUT2D eigenvalue weighted by Crippen LogP contribution is 2.43. The third-order valence-corrected chi connectivity index (χ3v) is 3.73. The average Bonchev–Trinajstić information content (AvgIpc) is 2.78. The highest BCUT2D eigenvalue weighted by atomic mass is 19.4. The Morgan fingerprint density at radius 2 is 1.77 bits per heavy atom. The van der Waals surface area contributed by atoms with Gasteiger partial charge in [-0.15, -0.1) is 0 Å². The Morgan fingerprint density at radius 3 is 2.23 bits per heavy atom. The number of carbonyl (C=O) groups is 1. The molecule has 1 heterocycles. The number of hydrogen-bond acceptors (Lipinski definition) is 3. The standard InChI is InChI=1S/C15H17F3N2O2/c1-13(2,3)14(22)9-11(15(16,17)18)19-20(14)12(21)10-7-5-4-6-8-10/h4-8,22H,9H2,1-3H3/t14-/m1/s1. The fourth-order valence-electron chi connectivity index (χ4n) is 2.20. The third kappa shape index (κ3) is 2.72. The third-order valence-electron chi connectivity index (χ3n) is 3.73. The molecule has 1 N–H and O–H groups in total. The van der Waals surface area contributed by atoms with E-state index in [2.05, 4.69) is 5.10 Å². The summed E-state index contributed by atoms with van der Waals surface area (Å²) in [6.45, 7) is 4.69. The number of nitrogens with zero attached hydrogens (tertiary/aromatic N) is 2. The number of carbonyl (C=O) groups excluding carboxylic acids is 1. The van der Waals surface area contributed by atoms with Gasteiger partial charge in [-0.1, -0.05) is 39.0 Å². The minimum absolute atomic E-state index is 0.164. The van der Waals surface area contributed by atoms with E-state index < -0.39 is 35.4 Å². The van der Waals surface area contributed by atoms with Gasteiger partial charge in [-0.2, -0.15) is 23.3 Å². The van der Waals surface area contributed by atoms with Crippen molar-refractivity contribution in [2.45, 2.75) is 39.1 Å². The predicted octanol–water partition coefficient (Wildman–Crippen LogP) is 3.19. The fourth-order valence-corrected chi connectivity index (χ4v) is 2.20. The van der Waals surface area contributed by atoms with E-state index in [1.165, 1.54) is 12.1 Å². The Labute approximate surface area is 126 Å². The van der Waals surface area contributed by atoms with Crippen LogP contribution in [0.5, 0.6) is 0 Å². The molecule has 0 bridgehead atoms. The van der Waals surface area contributed by atoms with Crippen molar-refractivity contribution < 1.29 is 23.1 Å². The van der Waals surface area contributed by atoms with Crippen LogP contribution in [0.1, 0.15) is 37.6 Å². The second kappa shape index (κ2) is 5.08. The minimum atomic E-state index is -4.69. The molecule has 1 amide bonds. The molecule has 0 saturated heterocycles. The van der Waals surface area contributed by atoms with E-state index in [1.807, 2.05) is 0 Å². The van der Waals surface area contributed by atoms with Gasteiger partial charge in [0.2, 0.25) is 0 Å². The van der Waals surface area contributed by atoms with E-state index in [4.69, 9.17) is 0 Å². The molecule has 1 aliphatic heterocycles. The molecular formula is C15H17F3N2O2. The highest BCUT2D eigenvalue weighted by molar-refractivity contribution is 5.99. The van der Waals surface area contributed by atoms with Gasteiger partial charge < -0.3 is 5.11 Å². The van der Waals surface area contributed by atoms with Crippen molar-refractivity contribution >= 4 is 11.6 Å². The van der Waals surface area contributed by atoms with Crippen LogP contribution in [-0.2, 0) is 0 Å². The lowest BCUT2D eigenvalue weighted by Crippen LogP contribution is -2.55. The summed E-state index contributed by atoms with van der Waals surface area (Å²) in [5, 5.41) is 14.7. The Kier molecular flexibility index (Phi) is 3.81. The molecule has 4 nitrogen and oxygen atoms in total. The van der Waals surface area contributed by atoms with Crippen molar-refractivity contribution in [3.8, 4) is 0 Å². The topological polar surface area (TPSA) is 52.9 Å². The number of alkyl halides is 3. The van der Waals surface area contributed by atoms with Gasteiger partial charge in [0.05, 0.1) is 0 Å². The molecule has 120 valence electrons. The molecule has 0 aromatic heterocycles. The maximum absolute atomic E-state index is 13.0. The molecule has 7 heteroatoms. The molecule has 0 spiro atoms. The molecular weight excluding hydrogens is 297 g/mol. The lowest BCUT2D eigenvalue weighted by molar-refractivity contribution is -0.144. The number of rotatable bonds is 1.